The van der Waals surface area contributed by atoms with Crippen LogP contribution in [-0.4, -0.2) is 25.4 Å². The van der Waals surface area contributed by atoms with Crippen LogP contribution >= 0.6 is 0 Å². The van der Waals surface area contributed by atoms with Gasteiger partial charge in [0.2, 0.25) is 0 Å². The third kappa shape index (κ3) is 4.97. The summed E-state index contributed by atoms with van der Waals surface area (Å²) >= 11 is 0. The van der Waals surface area contributed by atoms with Gasteiger partial charge in [0.1, 0.15) is 5.78 Å². The Morgan fingerprint density at radius 2 is 1.93 bits per heavy atom. The van der Waals surface area contributed by atoms with Crippen molar-refractivity contribution in [1.29, 1.82) is 0 Å². The van der Waals surface area contributed by atoms with Crippen LogP contribution in [-0.2, 0) is 14.3 Å². The predicted molar refractivity (Wildman–Crippen MR) is 53.6 cm³/mol. The Hall–Kier alpha value is -0.900. The predicted octanol–water partition coefficient (Wildman–Crippen LogP) is 0.740. The van der Waals surface area contributed by atoms with Gasteiger partial charge >= 0.3 is 5.97 Å². The maximum atomic E-state index is 11.3. The van der Waals surface area contributed by atoms with E-state index in [1.165, 1.54) is 7.11 Å². The van der Waals surface area contributed by atoms with Crippen LogP contribution in [0.5, 0.6) is 0 Å². The second-order valence-corrected chi connectivity index (χ2v) is 3.80. The lowest BCUT2D eigenvalue weighted by atomic mass is 9.92. The fourth-order valence-corrected chi connectivity index (χ4v) is 1.36. The number of carbonyl (C=O) groups is 2. The van der Waals surface area contributed by atoms with E-state index in [2.05, 4.69) is 4.74 Å². The maximum Gasteiger partial charge on any atom is 0.309 e. The van der Waals surface area contributed by atoms with E-state index in [4.69, 9.17) is 5.73 Å². The van der Waals surface area contributed by atoms with Crippen LogP contribution in [0.2, 0.25) is 0 Å². The average molecular weight is 201 g/mol. The summed E-state index contributed by atoms with van der Waals surface area (Å²) in [5.41, 5.74) is 5.19. The van der Waals surface area contributed by atoms with Crippen LogP contribution in [0.25, 0.3) is 0 Å². The summed E-state index contributed by atoms with van der Waals surface area (Å²) in [6.07, 6.45) is 0.861. The molecule has 0 heterocycles. The minimum atomic E-state index is -0.337. The first-order valence-corrected chi connectivity index (χ1v) is 4.80. The van der Waals surface area contributed by atoms with Crippen molar-refractivity contribution in [2.45, 2.75) is 26.7 Å². The minimum Gasteiger partial charge on any atom is -0.469 e. The molecule has 0 spiro atoms. The van der Waals surface area contributed by atoms with E-state index in [9.17, 15) is 9.59 Å². The highest BCUT2D eigenvalue weighted by molar-refractivity contribution is 5.85. The average Bonchev–Trinajstić information content (AvgIpc) is 2.14. The fraction of sp³-hybridized carbons (Fsp3) is 0.800. The highest BCUT2D eigenvalue weighted by Gasteiger charge is 2.22. The number of Topliss-reactive ketones (excluding diaryl/α,β-unsaturated/α-hetero) is 1. The maximum absolute atomic E-state index is 11.3. The van der Waals surface area contributed by atoms with Gasteiger partial charge in [-0.3, -0.25) is 9.59 Å². The Morgan fingerprint density at radius 1 is 1.36 bits per heavy atom. The second kappa shape index (κ2) is 6.54. The van der Waals surface area contributed by atoms with Gasteiger partial charge in [0.15, 0.2) is 0 Å². The molecule has 4 heteroatoms. The smallest absolute Gasteiger partial charge is 0.309 e. The van der Waals surface area contributed by atoms with E-state index >= 15 is 0 Å². The number of carbonyl (C=O) groups excluding carboxylic acids is 2. The molecule has 0 aromatic carbocycles. The van der Waals surface area contributed by atoms with Crippen molar-refractivity contribution in [1.82, 2.24) is 0 Å². The number of hydrogen-bond donors (Lipinski definition) is 1. The van der Waals surface area contributed by atoms with E-state index in [0.717, 1.165) is 0 Å². The zero-order valence-corrected chi connectivity index (χ0v) is 9.08. The highest BCUT2D eigenvalue weighted by atomic mass is 16.5. The Labute approximate surface area is 84.8 Å². The third-order valence-electron chi connectivity index (χ3n) is 1.99. The highest BCUT2D eigenvalue weighted by Crippen LogP contribution is 2.17. The first-order valence-electron chi connectivity index (χ1n) is 4.80. The van der Waals surface area contributed by atoms with Crippen LogP contribution in [0.1, 0.15) is 26.7 Å². The van der Waals surface area contributed by atoms with Crippen LogP contribution in [0.4, 0.5) is 0 Å². The lowest BCUT2D eigenvalue weighted by molar-refractivity contribution is -0.147. The zero-order chi connectivity index (χ0) is 11.1. The Balaban J connectivity index is 4.24. The zero-order valence-electron chi connectivity index (χ0n) is 9.08. The monoisotopic (exact) mass is 201 g/mol. The van der Waals surface area contributed by atoms with Crippen LogP contribution < -0.4 is 5.73 Å². The number of esters is 1. The molecule has 0 saturated carbocycles. The quantitative estimate of drug-likeness (QED) is 0.643. The summed E-state index contributed by atoms with van der Waals surface area (Å²) in [6.45, 7) is 4.00. The molecule has 0 rings (SSSR count). The van der Waals surface area contributed by atoms with E-state index in [1.807, 2.05) is 13.8 Å². The largest absolute Gasteiger partial charge is 0.469 e. The van der Waals surface area contributed by atoms with Crippen molar-refractivity contribution in [3.8, 4) is 0 Å². The van der Waals surface area contributed by atoms with Gasteiger partial charge in [-0.25, -0.2) is 0 Å². The third-order valence-corrected chi connectivity index (χ3v) is 1.99. The SMILES string of the molecule is COC(=O)[C@@H](CC(=O)CN)CC(C)C. The molecule has 0 amide bonds. The van der Waals surface area contributed by atoms with Crippen molar-refractivity contribution < 1.29 is 14.3 Å². The van der Waals surface area contributed by atoms with Crippen molar-refractivity contribution in [2.24, 2.45) is 17.6 Å². The summed E-state index contributed by atoms with van der Waals surface area (Å²) in [5.74, 6) is -0.387. The lowest BCUT2D eigenvalue weighted by Crippen LogP contribution is -2.24. The molecule has 14 heavy (non-hydrogen) atoms. The fourth-order valence-electron chi connectivity index (χ4n) is 1.36. The summed E-state index contributed by atoms with van der Waals surface area (Å²) in [7, 11) is 1.34. The first kappa shape index (κ1) is 13.1. The molecule has 4 nitrogen and oxygen atoms in total. The Kier molecular flexibility index (Phi) is 6.12. The summed E-state index contributed by atoms with van der Waals surface area (Å²) in [5, 5.41) is 0. The van der Waals surface area contributed by atoms with Gasteiger partial charge in [-0.05, 0) is 12.3 Å². The molecule has 0 radical (unpaired) electrons. The van der Waals surface area contributed by atoms with Gasteiger partial charge < -0.3 is 10.5 Å². The van der Waals surface area contributed by atoms with Crippen molar-refractivity contribution in [3.63, 3.8) is 0 Å². The molecule has 1 atom stereocenters. The first-order chi connectivity index (χ1) is 6.51. The van der Waals surface area contributed by atoms with Crippen LogP contribution in [0, 0.1) is 11.8 Å². The topological polar surface area (TPSA) is 69.4 Å². The van der Waals surface area contributed by atoms with E-state index < -0.39 is 0 Å². The number of ketones is 1. The van der Waals surface area contributed by atoms with E-state index in [1.54, 1.807) is 0 Å². The number of rotatable bonds is 6. The number of ether oxygens (including phenoxy) is 1. The molecule has 82 valence electrons. The molecule has 0 fully saturated rings. The molecule has 0 unspecified atom stereocenters. The van der Waals surface area contributed by atoms with Crippen LogP contribution in [0.15, 0.2) is 0 Å². The number of methoxy groups -OCH3 is 1. The molecule has 0 aromatic heterocycles. The van der Waals surface area contributed by atoms with Crippen molar-refractivity contribution in [3.05, 3.63) is 0 Å². The standard InChI is InChI=1S/C10H19NO3/c1-7(2)4-8(10(13)14-3)5-9(12)6-11/h7-8H,4-6,11H2,1-3H3/t8-/m1/s1. The van der Waals surface area contributed by atoms with Gasteiger partial charge in [0.05, 0.1) is 19.6 Å². The molecule has 2 N–H and O–H groups in total. The molecule has 0 aliphatic heterocycles. The van der Waals surface area contributed by atoms with Gasteiger partial charge in [-0.15, -0.1) is 0 Å². The van der Waals surface area contributed by atoms with Gasteiger partial charge in [-0.2, -0.15) is 0 Å². The normalized spacial score (nSPS) is 12.6. The Bertz CT molecular complexity index is 202. The summed E-state index contributed by atoms with van der Waals surface area (Å²) in [6, 6.07) is 0. The van der Waals surface area contributed by atoms with Gasteiger partial charge in [0, 0.05) is 6.42 Å². The number of nitrogens with two attached hydrogens (primary N) is 1. The van der Waals surface area contributed by atoms with Crippen molar-refractivity contribution >= 4 is 11.8 Å². The molecular weight excluding hydrogens is 182 g/mol. The molecule has 0 aliphatic carbocycles. The number of hydrogen-bond acceptors (Lipinski definition) is 4. The van der Waals surface area contributed by atoms with Crippen molar-refractivity contribution in [2.75, 3.05) is 13.7 Å². The molecule has 0 bridgehead atoms. The van der Waals surface area contributed by atoms with Crippen LogP contribution in [0.3, 0.4) is 0 Å². The van der Waals surface area contributed by atoms with Gasteiger partial charge in [-0.1, -0.05) is 13.8 Å². The Morgan fingerprint density at radius 3 is 2.29 bits per heavy atom. The van der Waals surface area contributed by atoms with Gasteiger partial charge in [0.25, 0.3) is 0 Å². The van der Waals surface area contributed by atoms with E-state index in [0.29, 0.717) is 12.3 Å². The minimum absolute atomic E-state index is 0.00834. The summed E-state index contributed by atoms with van der Waals surface area (Å²) in [4.78, 5) is 22.4. The molecular formula is C10H19NO3. The second-order valence-electron chi connectivity index (χ2n) is 3.80. The molecule has 0 saturated heterocycles. The lowest BCUT2D eigenvalue weighted by Gasteiger charge is -2.15. The summed E-state index contributed by atoms with van der Waals surface area (Å²) < 4.78 is 4.63. The van der Waals surface area contributed by atoms with E-state index in [-0.39, 0.29) is 30.6 Å². The molecule has 0 aromatic rings. The molecule has 0 aliphatic rings.